The smallest absolute Gasteiger partial charge is 0.107 e. The Bertz CT molecular complexity index is 277. The number of hydrogen-bond donors (Lipinski definition) is 1. The fraction of sp³-hybridized carbons (Fsp3) is 0.778. The monoisotopic (exact) mass is 200 g/mol. The Balaban J connectivity index is 2.53. The Morgan fingerprint density at radius 1 is 1.57 bits per heavy atom. The molecule has 1 aromatic rings. The van der Waals surface area contributed by atoms with Crippen LogP contribution in [-0.2, 0) is 13.0 Å². The van der Waals surface area contributed by atoms with E-state index in [2.05, 4.69) is 10.3 Å². The van der Waals surface area contributed by atoms with Gasteiger partial charge in [-0.3, -0.25) is 0 Å². The number of aromatic nitrogens is 3. The van der Waals surface area contributed by atoms with Crippen molar-refractivity contribution in [3.8, 4) is 0 Å². The molecule has 1 heterocycles. The van der Waals surface area contributed by atoms with Crippen molar-refractivity contribution in [2.75, 3.05) is 6.54 Å². The van der Waals surface area contributed by atoms with Crippen LogP contribution >= 0.6 is 0 Å². The van der Waals surface area contributed by atoms with Gasteiger partial charge >= 0.3 is 0 Å². The summed E-state index contributed by atoms with van der Waals surface area (Å²) in [7, 11) is 0. The van der Waals surface area contributed by atoms with Crippen LogP contribution in [0.15, 0.2) is 6.20 Å². The summed E-state index contributed by atoms with van der Waals surface area (Å²) in [6.45, 7) is 4.24. The molecule has 80 valence electrons. The molecule has 0 saturated carbocycles. The Kier molecular flexibility index (Phi) is 3.57. The molecule has 0 amide bonds. The molecule has 0 atom stereocenters. The molecule has 0 unspecified atom stereocenters. The van der Waals surface area contributed by atoms with Gasteiger partial charge in [0, 0.05) is 19.4 Å². The molecule has 0 spiro atoms. The molecule has 2 N–H and O–H groups in total. The Morgan fingerprint density at radius 3 is 2.86 bits per heavy atom. The zero-order valence-electron chi connectivity index (χ0n) is 8.70. The molecule has 0 saturated heterocycles. The highest BCUT2D eigenvalue weighted by Crippen LogP contribution is 2.14. The third-order valence-electron chi connectivity index (χ3n) is 2.02. The van der Waals surface area contributed by atoms with Crippen LogP contribution in [0.25, 0.3) is 0 Å². The number of halogens is 1. The summed E-state index contributed by atoms with van der Waals surface area (Å²) < 4.78 is 14.9. The molecule has 0 aliphatic rings. The van der Waals surface area contributed by atoms with Crippen molar-refractivity contribution in [3.05, 3.63) is 11.9 Å². The van der Waals surface area contributed by atoms with E-state index in [9.17, 15) is 4.39 Å². The van der Waals surface area contributed by atoms with Crippen molar-refractivity contribution in [1.29, 1.82) is 0 Å². The van der Waals surface area contributed by atoms with Gasteiger partial charge in [0.2, 0.25) is 0 Å². The van der Waals surface area contributed by atoms with Gasteiger partial charge in [-0.15, -0.1) is 5.10 Å². The third-order valence-corrected chi connectivity index (χ3v) is 2.02. The molecule has 0 aliphatic heterocycles. The number of alkyl halides is 1. The van der Waals surface area contributed by atoms with E-state index in [1.54, 1.807) is 24.7 Å². The van der Waals surface area contributed by atoms with Gasteiger partial charge in [-0.25, -0.2) is 9.07 Å². The SMILES string of the molecule is CC(C)(F)CCn1nncc1CCN. The number of nitrogens with zero attached hydrogens (tertiary/aromatic N) is 3. The molecule has 0 aliphatic carbocycles. The third kappa shape index (κ3) is 3.41. The van der Waals surface area contributed by atoms with Gasteiger partial charge < -0.3 is 5.73 Å². The van der Waals surface area contributed by atoms with E-state index in [4.69, 9.17) is 5.73 Å². The second-order valence-corrected chi connectivity index (χ2v) is 3.96. The number of nitrogens with two attached hydrogens (primary N) is 1. The van der Waals surface area contributed by atoms with E-state index in [1.165, 1.54) is 0 Å². The summed E-state index contributed by atoms with van der Waals surface area (Å²) in [5.41, 5.74) is 5.24. The Labute approximate surface area is 83.3 Å². The van der Waals surface area contributed by atoms with Crippen molar-refractivity contribution < 1.29 is 4.39 Å². The number of aryl methyl sites for hydroxylation is 1. The van der Waals surface area contributed by atoms with Gasteiger partial charge in [-0.2, -0.15) is 0 Å². The molecule has 4 nitrogen and oxygen atoms in total. The first-order chi connectivity index (χ1) is 6.53. The van der Waals surface area contributed by atoms with Crippen molar-refractivity contribution in [2.45, 2.75) is 38.9 Å². The van der Waals surface area contributed by atoms with E-state index in [1.807, 2.05) is 0 Å². The molecule has 1 rings (SSSR count). The molecular formula is C9H17FN4. The standard InChI is InChI=1S/C9H17FN4/c1-9(2,10)4-6-14-8(3-5-11)7-12-13-14/h7H,3-6,11H2,1-2H3. The molecule has 0 aromatic carbocycles. The average Bonchev–Trinajstić information content (AvgIpc) is 2.48. The molecular weight excluding hydrogens is 183 g/mol. The maximum Gasteiger partial charge on any atom is 0.107 e. The van der Waals surface area contributed by atoms with Crippen molar-refractivity contribution in [2.24, 2.45) is 5.73 Å². The predicted octanol–water partition coefficient (Wildman–Crippen LogP) is 0.917. The summed E-state index contributed by atoms with van der Waals surface area (Å²) in [5.74, 6) is 0. The van der Waals surface area contributed by atoms with Crippen LogP contribution < -0.4 is 5.73 Å². The number of hydrogen-bond acceptors (Lipinski definition) is 3. The Hall–Kier alpha value is -0.970. The van der Waals surface area contributed by atoms with E-state index in [-0.39, 0.29) is 0 Å². The highest BCUT2D eigenvalue weighted by molar-refractivity contribution is 4.94. The predicted molar refractivity (Wildman–Crippen MR) is 52.6 cm³/mol. The van der Waals surface area contributed by atoms with Crippen LogP contribution in [0.4, 0.5) is 4.39 Å². The quantitative estimate of drug-likeness (QED) is 0.768. The normalized spacial score (nSPS) is 12.0. The van der Waals surface area contributed by atoms with Gasteiger partial charge in [0.1, 0.15) is 5.67 Å². The number of rotatable bonds is 5. The zero-order valence-corrected chi connectivity index (χ0v) is 8.70. The summed E-state index contributed by atoms with van der Waals surface area (Å²) >= 11 is 0. The van der Waals surface area contributed by atoms with Crippen LogP contribution in [0.3, 0.4) is 0 Å². The summed E-state index contributed by atoms with van der Waals surface area (Å²) in [5, 5.41) is 7.66. The molecule has 0 fully saturated rings. The lowest BCUT2D eigenvalue weighted by Gasteiger charge is -2.14. The molecule has 14 heavy (non-hydrogen) atoms. The largest absolute Gasteiger partial charge is 0.330 e. The minimum atomic E-state index is -1.16. The van der Waals surface area contributed by atoms with Crippen molar-refractivity contribution in [3.63, 3.8) is 0 Å². The second-order valence-electron chi connectivity index (χ2n) is 3.96. The summed E-state index contributed by atoms with van der Waals surface area (Å²) in [6, 6.07) is 0. The molecule has 0 bridgehead atoms. The van der Waals surface area contributed by atoms with E-state index in [0.717, 1.165) is 12.1 Å². The van der Waals surface area contributed by atoms with Crippen LogP contribution in [0.5, 0.6) is 0 Å². The zero-order chi connectivity index (χ0) is 10.6. The fourth-order valence-electron chi connectivity index (χ4n) is 1.18. The topological polar surface area (TPSA) is 56.7 Å². The summed E-state index contributed by atoms with van der Waals surface area (Å²) in [6.07, 6.45) is 2.85. The molecule has 5 heteroatoms. The van der Waals surface area contributed by atoms with Crippen molar-refractivity contribution >= 4 is 0 Å². The highest BCUT2D eigenvalue weighted by atomic mass is 19.1. The Morgan fingerprint density at radius 2 is 2.29 bits per heavy atom. The van der Waals surface area contributed by atoms with Crippen molar-refractivity contribution in [1.82, 2.24) is 15.0 Å². The second kappa shape index (κ2) is 4.50. The van der Waals surface area contributed by atoms with Crippen LogP contribution in [0, 0.1) is 0 Å². The van der Waals surface area contributed by atoms with Crippen LogP contribution in [0.1, 0.15) is 26.0 Å². The maximum atomic E-state index is 13.2. The molecule has 0 radical (unpaired) electrons. The van der Waals surface area contributed by atoms with Gasteiger partial charge in [0.15, 0.2) is 0 Å². The minimum absolute atomic E-state index is 0.438. The summed E-state index contributed by atoms with van der Waals surface area (Å²) in [4.78, 5) is 0. The van der Waals surface area contributed by atoms with Gasteiger partial charge in [-0.1, -0.05) is 5.21 Å². The minimum Gasteiger partial charge on any atom is -0.330 e. The lowest BCUT2D eigenvalue weighted by atomic mass is 10.1. The lowest BCUT2D eigenvalue weighted by Crippen LogP contribution is -2.18. The first-order valence-corrected chi connectivity index (χ1v) is 4.79. The average molecular weight is 200 g/mol. The lowest BCUT2D eigenvalue weighted by molar-refractivity contribution is 0.188. The first kappa shape index (κ1) is 11.1. The maximum absolute atomic E-state index is 13.2. The first-order valence-electron chi connectivity index (χ1n) is 4.79. The van der Waals surface area contributed by atoms with E-state index in [0.29, 0.717) is 19.5 Å². The van der Waals surface area contributed by atoms with Gasteiger partial charge in [0.25, 0.3) is 0 Å². The van der Waals surface area contributed by atoms with E-state index >= 15 is 0 Å². The fourth-order valence-corrected chi connectivity index (χ4v) is 1.18. The van der Waals surface area contributed by atoms with Gasteiger partial charge in [0.05, 0.1) is 11.9 Å². The highest BCUT2D eigenvalue weighted by Gasteiger charge is 2.16. The van der Waals surface area contributed by atoms with Crippen LogP contribution in [-0.4, -0.2) is 27.2 Å². The van der Waals surface area contributed by atoms with Crippen LogP contribution in [0.2, 0.25) is 0 Å². The van der Waals surface area contributed by atoms with E-state index < -0.39 is 5.67 Å². The molecule has 1 aromatic heterocycles. The van der Waals surface area contributed by atoms with Gasteiger partial charge in [-0.05, 0) is 20.4 Å².